The van der Waals surface area contributed by atoms with Crippen molar-refractivity contribution in [1.82, 2.24) is 15.1 Å². The summed E-state index contributed by atoms with van der Waals surface area (Å²) in [6, 6.07) is 10.1. The van der Waals surface area contributed by atoms with E-state index in [0.29, 0.717) is 6.04 Å². The maximum atomic E-state index is 12.5. The summed E-state index contributed by atoms with van der Waals surface area (Å²) in [5, 5.41) is 3.38. The minimum atomic E-state index is -0.427. The molecule has 5 nitrogen and oxygen atoms in total. The van der Waals surface area contributed by atoms with E-state index in [9.17, 15) is 4.79 Å². The van der Waals surface area contributed by atoms with Gasteiger partial charge in [0.2, 0.25) is 0 Å². The zero-order valence-corrected chi connectivity index (χ0v) is 13.2. The Bertz CT molecular complexity index is 488. The molecule has 2 aliphatic rings. The highest BCUT2D eigenvalue weighted by atomic mass is 16.5. The van der Waals surface area contributed by atoms with Crippen LogP contribution in [0.2, 0.25) is 0 Å². The molecule has 2 aliphatic heterocycles. The number of hydrogen-bond acceptors (Lipinski definition) is 4. The van der Waals surface area contributed by atoms with E-state index < -0.39 is 6.10 Å². The Morgan fingerprint density at radius 1 is 1.23 bits per heavy atom. The average molecular weight is 303 g/mol. The molecule has 0 saturated carbocycles. The number of nitrogens with zero attached hydrogens (tertiary/aromatic N) is 2. The molecule has 2 atom stereocenters. The van der Waals surface area contributed by atoms with Crippen LogP contribution in [0.1, 0.15) is 13.3 Å². The van der Waals surface area contributed by atoms with Crippen LogP contribution in [-0.4, -0.2) is 67.1 Å². The summed E-state index contributed by atoms with van der Waals surface area (Å²) in [4.78, 5) is 17.0. The Labute approximate surface area is 132 Å². The van der Waals surface area contributed by atoms with Crippen molar-refractivity contribution in [1.29, 1.82) is 0 Å². The lowest BCUT2D eigenvalue weighted by Gasteiger charge is -2.32. The Morgan fingerprint density at radius 3 is 2.68 bits per heavy atom. The van der Waals surface area contributed by atoms with Crippen molar-refractivity contribution >= 4 is 5.91 Å². The summed E-state index contributed by atoms with van der Waals surface area (Å²) >= 11 is 0. The molecule has 0 spiro atoms. The summed E-state index contributed by atoms with van der Waals surface area (Å²) < 4.78 is 5.75. The molecular formula is C17H25N3O2. The van der Waals surface area contributed by atoms with E-state index in [2.05, 4.69) is 10.2 Å². The molecule has 0 aliphatic carbocycles. The molecule has 3 rings (SSSR count). The molecule has 2 fully saturated rings. The summed E-state index contributed by atoms with van der Waals surface area (Å²) in [6.07, 6.45) is 0.647. The van der Waals surface area contributed by atoms with Gasteiger partial charge < -0.3 is 15.0 Å². The molecule has 1 N–H and O–H groups in total. The van der Waals surface area contributed by atoms with Gasteiger partial charge in [0, 0.05) is 45.3 Å². The van der Waals surface area contributed by atoms with Gasteiger partial charge in [0.15, 0.2) is 6.10 Å². The highest BCUT2D eigenvalue weighted by molar-refractivity contribution is 5.81. The molecule has 2 heterocycles. The van der Waals surface area contributed by atoms with Gasteiger partial charge >= 0.3 is 0 Å². The van der Waals surface area contributed by atoms with Gasteiger partial charge in [-0.05, 0) is 25.5 Å². The number of carbonyl (C=O) groups is 1. The van der Waals surface area contributed by atoms with E-state index in [1.54, 1.807) is 0 Å². The number of ether oxygens (including phenoxy) is 1. The second-order valence-electron chi connectivity index (χ2n) is 6.09. The quantitative estimate of drug-likeness (QED) is 0.900. The second-order valence-corrected chi connectivity index (χ2v) is 6.09. The van der Waals surface area contributed by atoms with Crippen LogP contribution < -0.4 is 10.1 Å². The van der Waals surface area contributed by atoms with E-state index in [1.165, 1.54) is 0 Å². The van der Waals surface area contributed by atoms with E-state index in [-0.39, 0.29) is 5.91 Å². The standard InChI is InChI=1S/C17H25N3O2/c1-14(22-16-5-3-2-4-6-16)17(21)20-10-7-15(13-20)19-11-8-18-9-12-19/h2-6,14-15,18H,7-13H2,1H3. The number of nitrogens with one attached hydrogen (secondary N) is 1. The molecule has 1 aromatic carbocycles. The van der Waals surface area contributed by atoms with Crippen LogP contribution in [0.15, 0.2) is 30.3 Å². The van der Waals surface area contributed by atoms with Gasteiger partial charge in [-0.25, -0.2) is 0 Å². The number of likely N-dealkylation sites (tertiary alicyclic amines) is 1. The number of benzene rings is 1. The predicted octanol–water partition coefficient (Wildman–Crippen LogP) is 0.960. The summed E-state index contributed by atoms with van der Waals surface area (Å²) in [5.41, 5.74) is 0. The molecule has 5 heteroatoms. The number of hydrogen-bond donors (Lipinski definition) is 1. The van der Waals surface area contributed by atoms with Crippen LogP contribution in [0.5, 0.6) is 5.75 Å². The van der Waals surface area contributed by atoms with E-state index >= 15 is 0 Å². The molecule has 120 valence electrons. The van der Waals surface area contributed by atoms with E-state index in [0.717, 1.165) is 51.4 Å². The molecule has 0 bridgehead atoms. The van der Waals surface area contributed by atoms with E-state index in [1.807, 2.05) is 42.2 Å². The number of rotatable bonds is 4. The average Bonchev–Trinajstić information content (AvgIpc) is 3.06. The van der Waals surface area contributed by atoms with Crippen molar-refractivity contribution in [3.05, 3.63) is 30.3 Å². The first-order valence-corrected chi connectivity index (χ1v) is 8.19. The van der Waals surface area contributed by atoms with E-state index in [4.69, 9.17) is 4.74 Å². The van der Waals surface area contributed by atoms with Gasteiger partial charge in [-0.2, -0.15) is 0 Å². The lowest BCUT2D eigenvalue weighted by atomic mass is 10.2. The molecular weight excluding hydrogens is 278 g/mol. The van der Waals surface area contributed by atoms with Crippen LogP contribution in [0.4, 0.5) is 0 Å². The Kier molecular flexibility index (Phi) is 4.95. The minimum Gasteiger partial charge on any atom is -0.481 e. The molecule has 22 heavy (non-hydrogen) atoms. The molecule has 0 radical (unpaired) electrons. The lowest BCUT2D eigenvalue weighted by molar-refractivity contribution is -0.137. The maximum absolute atomic E-state index is 12.5. The Morgan fingerprint density at radius 2 is 1.95 bits per heavy atom. The number of para-hydroxylation sites is 1. The summed E-state index contributed by atoms with van der Waals surface area (Å²) in [7, 11) is 0. The molecule has 2 saturated heterocycles. The van der Waals surface area contributed by atoms with Crippen molar-refractivity contribution in [2.24, 2.45) is 0 Å². The first kappa shape index (κ1) is 15.3. The van der Waals surface area contributed by atoms with Crippen LogP contribution in [0, 0.1) is 0 Å². The predicted molar refractivity (Wildman–Crippen MR) is 86.0 cm³/mol. The summed E-state index contributed by atoms with van der Waals surface area (Å²) in [5.74, 6) is 0.850. The van der Waals surface area contributed by atoms with Crippen molar-refractivity contribution in [2.45, 2.75) is 25.5 Å². The Balaban J connectivity index is 1.52. The third-order valence-corrected chi connectivity index (χ3v) is 4.55. The first-order valence-electron chi connectivity index (χ1n) is 8.19. The first-order chi connectivity index (χ1) is 10.7. The van der Waals surface area contributed by atoms with Gasteiger partial charge in [0.25, 0.3) is 5.91 Å². The van der Waals surface area contributed by atoms with Crippen molar-refractivity contribution in [3.8, 4) is 5.75 Å². The van der Waals surface area contributed by atoms with Crippen LogP contribution in [0.25, 0.3) is 0 Å². The fourth-order valence-corrected chi connectivity index (χ4v) is 3.30. The molecule has 0 aromatic heterocycles. The van der Waals surface area contributed by atoms with Gasteiger partial charge in [-0.1, -0.05) is 18.2 Å². The lowest BCUT2D eigenvalue weighted by Crippen LogP contribution is -2.50. The maximum Gasteiger partial charge on any atom is 0.263 e. The smallest absolute Gasteiger partial charge is 0.263 e. The second kappa shape index (κ2) is 7.11. The van der Waals surface area contributed by atoms with Gasteiger partial charge in [-0.3, -0.25) is 9.69 Å². The van der Waals surface area contributed by atoms with Crippen molar-refractivity contribution in [2.75, 3.05) is 39.3 Å². The number of amides is 1. The monoisotopic (exact) mass is 303 g/mol. The number of carbonyl (C=O) groups excluding carboxylic acids is 1. The highest BCUT2D eigenvalue weighted by Crippen LogP contribution is 2.19. The topological polar surface area (TPSA) is 44.8 Å². The largest absolute Gasteiger partial charge is 0.481 e. The van der Waals surface area contributed by atoms with Crippen LogP contribution in [-0.2, 0) is 4.79 Å². The van der Waals surface area contributed by atoms with Gasteiger partial charge in [0.05, 0.1) is 0 Å². The van der Waals surface area contributed by atoms with Gasteiger partial charge in [-0.15, -0.1) is 0 Å². The van der Waals surface area contributed by atoms with Gasteiger partial charge in [0.1, 0.15) is 5.75 Å². The molecule has 2 unspecified atom stereocenters. The third kappa shape index (κ3) is 3.59. The third-order valence-electron chi connectivity index (χ3n) is 4.55. The van der Waals surface area contributed by atoms with Crippen molar-refractivity contribution < 1.29 is 9.53 Å². The number of piperazine rings is 1. The SMILES string of the molecule is CC(Oc1ccccc1)C(=O)N1CCC(N2CCNCC2)C1. The zero-order chi connectivity index (χ0) is 15.4. The molecule has 1 amide bonds. The molecule has 1 aromatic rings. The van der Waals surface area contributed by atoms with Crippen LogP contribution in [0.3, 0.4) is 0 Å². The zero-order valence-electron chi connectivity index (χ0n) is 13.2. The normalized spacial score (nSPS) is 24.2. The summed E-state index contributed by atoms with van der Waals surface area (Å²) in [6.45, 7) is 7.80. The minimum absolute atomic E-state index is 0.0986. The van der Waals surface area contributed by atoms with Crippen molar-refractivity contribution in [3.63, 3.8) is 0 Å². The highest BCUT2D eigenvalue weighted by Gasteiger charge is 2.33. The Hall–Kier alpha value is -1.59. The fourth-order valence-electron chi connectivity index (χ4n) is 3.30. The fraction of sp³-hybridized carbons (Fsp3) is 0.588. The van der Waals surface area contributed by atoms with Crippen LogP contribution >= 0.6 is 0 Å².